The fourth-order valence-corrected chi connectivity index (χ4v) is 4.73. The molecule has 3 aromatic rings. The summed E-state index contributed by atoms with van der Waals surface area (Å²) in [5.74, 6) is -0.249. The zero-order chi connectivity index (χ0) is 20.3. The predicted molar refractivity (Wildman–Crippen MR) is 115 cm³/mol. The average molecular weight is 419 g/mol. The highest BCUT2D eigenvalue weighted by Crippen LogP contribution is 2.32. The molecule has 1 aromatic carbocycles. The summed E-state index contributed by atoms with van der Waals surface area (Å²) < 4.78 is 1.02. The fraction of sp³-hybridized carbons (Fsp3) is 0.368. The lowest BCUT2D eigenvalue weighted by Gasteiger charge is -2.24. The first-order chi connectivity index (χ1) is 13.4. The second-order valence-corrected chi connectivity index (χ2v) is 8.42. The Labute approximate surface area is 171 Å². The molecule has 148 valence electrons. The normalized spacial score (nSPS) is 11.3. The van der Waals surface area contributed by atoms with Crippen LogP contribution in [0, 0.1) is 17.0 Å². The van der Waals surface area contributed by atoms with E-state index in [1.165, 1.54) is 23.5 Å². The number of nitrogens with zero attached hydrogens (tertiary/aromatic N) is 4. The van der Waals surface area contributed by atoms with Gasteiger partial charge in [-0.15, -0.1) is 0 Å². The lowest BCUT2D eigenvalue weighted by Crippen LogP contribution is -2.38. The summed E-state index contributed by atoms with van der Waals surface area (Å²) in [4.78, 5) is 32.6. The van der Waals surface area contributed by atoms with Crippen molar-refractivity contribution in [1.82, 2.24) is 9.88 Å². The van der Waals surface area contributed by atoms with Crippen molar-refractivity contribution < 1.29 is 9.72 Å². The third kappa shape index (κ3) is 4.37. The van der Waals surface area contributed by atoms with E-state index in [9.17, 15) is 14.9 Å². The Kier molecular flexibility index (Phi) is 6.38. The lowest BCUT2D eigenvalue weighted by molar-refractivity contribution is -0.380. The Morgan fingerprint density at radius 1 is 1.14 bits per heavy atom. The van der Waals surface area contributed by atoms with Crippen LogP contribution in [0.25, 0.3) is 10.2 Å². The Bertz CT molecular complexity index is 994. The highest BCUT2D eigenvalue weighted by Gasteiger charge is 2.25. The molecule has 0 aliphatic heterocycles. The molecule has 0 saturated heterocycles. The van der Waals surface area contributed by atoms with Crippen molar-refractivity contribution in [2.75, 3.05) is 31.1 Å². The first-order valence-corrected chi connectivity index (χ1v) is 10.7. The number of carbonyl (C=O) groups excluding carboxylic acids is 1. The molecule has 0 bridgehead atoms. The smallest absolute Gasteiger partial charge is 0.302 e. The standard InChI is InChI=1S/C19H22N4O3S2/c1-4-21(5-2)10-11-22(18(24)15-8-9-17(27-15)23(25)26)19-20-14-7-6-13(3)12-16(14)28-19/h6-9,12H,4-5,10-11H2,1-3H3. The molecular weight excluding hydrogens is 396 g/mol. The number of hydrogen-bond acceptors (Lipinski definition) is 7. The van der Waals surface area contributed by atoms with Gasteiger partial charge in [0.25, 0.3) is 5.91 Å². The number of carbonyl (C=O) groups is 1. The SMILES string of the molecule is CCN(CC)CCN(C(=O)c1ccc([N+](=O)[O-])s1)c1nc2ccc(C)cc2s1. The van der Waals surface area contributed by atoms with E-state index in [0.29, 0.717) is 23.1 Å². The van der Waals surface area contributed by atoms with E-state index in [1.54, 1.807) is 4.90 Å². The van der Waals surface area contributed by atoms with E-state index in [-0.39, 0.29) is 10.9 Å². The van der Waals surface area contributed by atoms with E-state index in [2.05, 4.69) is 29.8 Å². The van der Waals surface area contributed by atoms with Crippen molar-refractivity contribution in [1.29, 1.82) is 0 Å². The molecule has 0 unspecified atom stereocenters. The highest BCUT2D eigenvalue weighted by atomic mass is 32.1. The quantitative estimate of drug-likeness (QED) is 0.396. The van der Waals surface area contributed by atoms with Gasteiger partial charge in [0, 0.05) is 19.2 Å². The van der Waals surface area contributed by atoms with Crippen LogP contribution in [0.3, 0.4) is 0 Å². The second-order valence-electron chi connectivity index (χ2n) is 6.35. The maximum absolute atomic E-state index is 13.2. The van der Waals surface area contributed by atoms with Gasteiger partial charge in [-0.1, -0.05) is 42.6 Å². The number of aromatic nitrogens is 1. The van der Waals surface area contributed by atoms with Crippen LogP contribution < -0.4 is 4.90 Å². The lowest BCUT2D eigenvalue weighted by atomic mass is 10.2. The molecule has 0 N–H and O–H groups in total. The molecule has 0 atom stereocenters. The van der Waals surface area contributed by atoms with Gasteiger partial charge < -0.3 is 4.90 Å². The Balaban J connectivity index is 1.94. The number of hydrogen-bond donors (Lipinski definition) is 0. The fourth-order valence-electron chi connectivity index (χ4n) is 2.87. The van der Waals surface area contributed by atoms with Crippen molar-refractivity contribution in [3.63, 3.8) is 0 Å². The van der Waals surface area contributed by atoms with Crippen molar-refractivity contribution >= 4 is 48.9 Å². The molecule has 1 amide bonds. The van der Waals surface area contributed by atoms with Gasteiger partial charge in [-0.05, 0) is 43.8 Å². The van der Waals surface area contributed by atoms with Crippen LogP contribution in [0.2, 0.25) is 0 Å². The monoisotopic (exact) mass is 418 g/mol. The minimum Gasteiger partial charge on any atom is -0.302 e. The van der Waals surface area contributed by atoms with Gasteiger partial charge in [-0.25, -0.2) is 4.98 Å². The number of nitro groups is 1. The highest BCUT2D eigenvalue weighted by molar-refractivity contribution is 7.22. The molecule has 3 rings (SSSR count). The Hall–Kier alpha value is -2.36. The van der Waals surface area contributed by atoms with Gasteiger partial charge in [-0.2, -0.15) is 0 Å². The van der Waals surface area contributed by atoms with Crippen molar-refractivity contribution in [3.05, 3.63) is 50.9 Å². The molecule has 0 fully saturated rings. The number of benzene rings is 1. The number of anilines is 1. The van der Waals surface area contributed by atoms with Crippen molar-refractivity contribution in [2.45, 2.75) is 20.8 Å². The minimum atomic E-state index is -0.470. The maximum atomic E-state index is 13.2. The van der Waals surface area contributed by atoms with E-state index < -0.39 is 4.92 Å². The van der Waals surface area contributed by atoms with Crippen LogP contribution in [0.4, 0.5) is 10.1 Å². The van der Waals surface area contributed by atoms with Crippen LogP contribution >= 0.6 is 22.7 Å². The molecule has 0 saturated carbocycles. The number of amides is 1. The molecule has 7 nitrogen and oxygen atoms in total. The van der Waals surface area contributed by atoms with Crippen molar-refractivity contribution in [3.8, 4) is 0 Å². The van der Waals surface area contributed by atoms with E-state index in [4.69, 9.17) is 0 Å². The van der Waals surface area contributed by atoms with E-state index >= 15 is 0 Å². The second kappa shape index (κ2) is 8.76. The van der Waals surface area contributed by atoms with E-state index in [0.717, 1.165) is 40.2 Å². The first-order valence-electron chi connectivity index (χ1n) is 9.08. The number of fused-ring (bicyclic) bond motifs is 1. The number of thiazole rings is 1. The molecule has 0 spiro atoms. The summed E-state index contributed by atoms with van der Waals surface area (Å²) in [5.41, 5.74) is 1.99. The topological polar surface area (TPSA) is 79.6 Å². The summed E-state index contributed by atoms with van der Waals surface area (Å²) in [5, 5.41) is 11.6. The third-order valence-corrected chi connectivity index (χ3v) is 6.59. The summed E-state index contributed by atoms with van der Waals surface area (Å²) in [6, 6.07) is 8.90. The van der Waals surface area contributed by atoms with Crippen LogP contribution in [0.15, 0.2) is 30.3 Å². The maximum Gasteiger partial charge on any atom is 0.324 e. The number of aryl methyl sites for hydroxylation is 1. The number of thiophene rings is 1. The Morgan fingerprint density at radius 3 is 2.54 bits per heavy atom. The van der Waals surface area contributed by atoms with E-state index in [1.807, 2.05) is 19.1 Å². The van der Waals surface area contributed by atoms with Gasteiger partial charge in [0.2, 0.25) is 0 Å². The van der Waals surface area contributed by atoms with Crippen molar-refractivity contribution in [2.24, 2.45) is 0 Å². The zero-order valence-electron chi connectivity index (χ0n) is 16.0. The predicted octanol–water partition coefficient (Wildman–Crippen LogP) is 4.56. The molecule has 28 heavy (non-hydrogen) atoms. The van der Waals surface area contributed by atoms with Gasteiger partial charge in [0.05, 0.1) is 20.0 Å². The van der Waals surface area contributed by atoms with Crippen LogP contribution in [0.1, 0.15) is 29.1 Å². The minimum absolute atomic E-state index is 0.0352. The zero-order valence-corrected chi connectivity index (χ0v) is 17.7. The first kappa shape index (κ1) is 20.4. The summed E-state index contributed by atoms with van der Waals surface area (Å²) in [6.45, 7) is 9.15. The van der Waals surface area contributed by atoms with Crippen LogP contribution in [0.5, 0.6) is 0 Å². The van der Waals surface area contributed by atoms with Gasteiger partial charge in [0.15, 0.2) is 5.13 Å². The van der Waals surface area contributed by atoms with Crippen LogP contribution in [-0.4, -0.2) is 46.9 Å². The van der Waals surface area contributed by atoms with Gasteiger partial charge in [-0.3, -0.25) is 19.8 Å². The molecule has 2 aromatic heterocycles. The molecule has 0 aliphatic rings. The summed E-state index contributed by atoms with van der Waals surface area (Å²) >= 11 is 2.37. The van der Waals surface area contributed by atoms with Gasteiger partial charge >= 0.3 is 5.00 Å². The molecule has 9 heteroatoms. The Morgan fingerprint density at radius 2 is 1.89 bits per heavy atom. The average Bonchev–Trinajstić information content (AvgIpc) is 3.31. The molecule has 0 aliphatic carbocycles. The molecular formula is C19H22N4O3S2. The number of likely N-dealkylation sites (N-methyl/N-ethyl adjacent to an activating group) is 1. The van der Waals surface area contributed by atoms with Crippen LogP contribution in [-0.2, 0) is 0 Å². The number of rotatable bonds is 8. The van der Waals surface area contributed by atoms with Gasteiger partial charge in [0.1, 0.15) is 0 Å². The largest absolute Gasteiger partial charge is 0.324 e. The summed E-state index contributed by atoms with van der Waals surface area (Å²) in [7, 11) is 0. The summed E-state index contributed by atoms with van der Waals surface area (Å²) in [6.07, 6.45) is 0. The molecule has 0 radical (unpaired) electrons. The molecule has 2 heterocycles. The third-order valence-electron chi connectivity index (χ3n) is 4.53.